The van der Waals surface area contributed by atoms with Crippen molar-refractivity contribution in [2.24, 2.45) is 0 Å². The van der Waals surface area contributed by atoms with Crippen molar-refractivity contribution in [1.82, 2.24) is 0 Å². The molecule has 180 valence electrons. The van der Waals surface area contributed by atoms with E-state index >= 15 is 0 Å². The van der Waals surface area contributed by atoms with Gasteiger partial charge < -0.3 is 19.3 Å². The summed E-state index contributed by atoms with van der Waals surface area (Å²) in [6, 6.07) is 11.8. The fraction of sp³-hybridized carbons (Fsp3) is 0.393. The van der Waals surface area contributed by atoms with E-state index in [1.54, 1.807) is 27.2 Å². The largest absolute Gasteiger partial charge is 0.497 e. The summed E-state index contributed by atoms with van der Waals surface area (Å²) in [4.78, 5) is 11.7. The Bertz CT molecular complexity index is 928. The van der Waals surface area contributed by atoms with Crippen LogP contribution < -0.4 is 9.47 Å². The van der Waals surface area contributed by atoms with Crippen LogP contribution in [0.5, 0.6) is 11.5 Å². The number of aryl methyl sites for hydroxylation is 2. The summed E-state index contributed by atoms with van der Waals surface area (Å²) in [5.41, 5.74) is 4.49. The Morgan fingerprint density at radius 3 is 2.09 bits per heavy atom. The first-order chi connectivity index (χ1) is 15.7. The molecule has 0 aliphatic carbocycles. The molecule has 5 nitrogen and oxygen atoms in total. The number of rotatable bonds is 9. The first kappa shape index (κ1) is 28.0. The number of methoxy groups -OCH3 is 2. The number of hydrogen-bond acceptors (Lipinski definition) is 5. The maximum absolute atomic E-state index is 11.7. The van der Waals surface area contributed by atoms with Crippen molar-refractivity contribution in [1.29, 1.82) is 0 Å². The molecule has 2 aromatic carbocycles. The Balaban J connectivity index is 0.000000346. The number of carbonyl (C=O) groups excluding carboxylic acids is 1. The summed E-state index contributed by atoms with van der Waals surface area (Å²) in [7, 11) is 3.30. The van der Waals surface area contributed by atoms with Gasteiger partial charge >= 0.3 is 5.97 Å². The quantitative estimate of drug-likeness (QED) is 0.371. The number of aliphatic hydroxyl groups excluding tert-OH is 1. The maximum Gasteiger partial charge on any atom is 0.306 e. The van der Waals surface area contributed by atoms with Crippen molar-refractivity contribution < 1.29 is 24.1 Å². The Hall–Kier alpha value is -3.05. The molecule has 1 N–H and O–H groups in total. The van der Waals surface area contributed by atoms with Gasteiger partial charge in [0.2, 0.25) is 0 Å². The monoisotopic (exact) mass is 454 g/mol. The molecule has 0 radical (unpaired) electrons. The maximum atomic E-state index is 11.7. The van der Waals surface area contributed by atoms with Gasteiger partial charge in [-0.1, -0.05) is 36.4 Å². The predicted octanol–water partition coefficient (Wildman–Crippen LogP) is 6.01. The van der Waals surface area contributed by atoms with Crippen LogP contribution in [-0.4, -0.2) is 38.0 Å². The highest BCUT2D eigenvalue weighted by Gasteiger charge is 2.16. The molecule has 0 spiro atoms. The lowest BCUT2D eigenvalue weighted by Gasteiger charge is -2.16. The first-order valence-corrected chi connectivity index (χ1v) is 11.2. The molecule has 0 aromatic heterocycles. The van der Waals surface area contributed by atoms with Crippen LogP contribution in [0.2, 0.25) is 0 Å². The Labute approximate surface area is 198 Å². The summed E-state index contributed by atoms with van der Waals surface area (Å²) >= 11 is 0. The Morgan fingerprint density at radius 2 is 1.61 bits per heavy atom. The second-order valence-corrected chi connectivity index (χ2v) is 7.69. The van der Waals surface area contributed by atoms with Crippen molar-refractivity contribution in [3.05, 3.63) is 76.9 Å². The van der Waals surface area contributed by atoms with Gasteiger partial charge in [-0.3, -0.25) is 4.79 Å². The van der Waals surface area contributed by atoms with E-state index in [-0.39, 0.29) is 11.9 Å². The van der Waals surface area contributed by atoms with E-state index in [0.717, 1.165) is 33.8 Å². The minimum atomic E-state index is -0.406. The van der Waals surface area contributed by atoms with Gasteiger partial charge in [-0.15, -0.1) is 0 Å². The minimum absolute atomic E-state index is 0.0509. The zero-order chi connectivity index (χ0) is 24.8. The smallest absolute Gasteiger partial charge is 0.306 e. The van der Waals surface area contributed by atoms with Gasteiger partial charge in [-0.25, -0.2) is 0 Å². The normalized spacial score (nSPS) is 12.7. The summed E-state index contributed by atoms with van der Waals surface area (Å²) in [6.07, 6.45) is 7.63. The lowest BCUT2D eigenvalue weighted by Crippen LogP contribution is -2.10. The number of esters is 1. The molecule has 0 saturated carbocycles. The third-order valence-corrected chi connectivity index (χ3v) is 5.02. The van der Waals surface area contributed by atoms with E-state index < -0.39 is 6.10 Å². The van der Waals surface area contributed by atoms with E-state index in [2.05, 4.69) is 0 Å². The van der Waals surface area contributed by atoms with Crippen LogP contribution in [0.15, 0.2) is 54.6 Å². The third-order valence-electron chi connectivity index (χ3n) is 5.02. The number of ether oxygens (including phenoxy) is 3. The minimum Gasteiger partial charge on any atom is -0.497 e. The number of benzene rings is 2. The molecule has 0 aliphatic heterocycles. The number of hydrogen-bond donors (Lipinski definition) is 1. The van der Waals surface area contributed by atoms with Gasteiger partial charge in [0.25, 0.3) is 0 Å². The molecular formula is C28H38O5. The van der Waals surface area contributed by atoms with Gasteiger partial charge in [0.1, 0.15) is 11.5 Å². The average molecular weight is 455 g/mol. The fourth-order valence-electron chi connectivity index (χ4n) is 3.31. The van der Waals surface area contributed by atoms with Gasteiger partial charge in [-0.2, -0.15) is 0 Å². The zero-order valence-corrected chi connectivity index (χ0v) is 20.9. The van der Waals surface area contributed by atoms with Crippen LogP contribution in [0, 0.1) is 13.8 Å². The molecule has 0 bridgehead atoms. The highest BCUT2D eigenvalue weighted by Crippen LogP contribution is 2.28. The molecule has 0 saturated heterocycles. The van der Waals surface area contributed by atoms with Crippen LogP contribution in [0.4, 0.5) is 0 Å². The van der Waals surface area contributed by atoms with Crippen molar-refractivity contribution in [3.8, 4) is 11.5 Å². The van der Waals surface area contributed by atoms with Crippen molar-refractivity contribution in [2.75, 3.05) is 20.8 Å². The number of aliphatic hydroxyl groups is 1. The Morgan fingerprint density at radius 1 is 1.00 bits per heavy atom. The van der Waals surface area contributed by atoms with Crippen LogP contribution in [0.3, 0.4) is 0 Å². The predicted molar refractivity (Wildman–Crippen MR) is 135 cm³/mol. The molecule has 2 atom stereocenters. The average Bonchev–Trinajstić information content (AvgIpc) is 2.78. The summed E-state index contributed by atoms with van der Waals surface area (Å²) < 4.78 is 15.3. The molecule has 0 amide bonds. The van der Waals surface area contributed by atoms with Crippen LogP contribution >= 0.6 is 0 Å². The van der Waals surface area contributed by atoms with Gasteiger partial charge in [0.15, 0.2) is 0 Å². The molecule has 33 heavy (non-hydrogen) atoms. The van der Waals surface area contributed by atoms with Crippen LogP contribution in [0.1, 0.15) is 55.4 Å². The number of allylic oxidation sites excluding steroid dienone is 2. The highest BCUT2D eigenvalue weighted by molar-refractivity contribution is 5.71. The summed E-state index contributed by atoms with van der Waals surface area (Å²) in [5.74, 6) is 1.57. The summed E-state index contributed by atoms with van der Waals surface area (Å²) in [6.45, 7) is 9.97. The second kappa shape index (κ2) is 14.9. The van der Waals surface area contributed by atoms with Gasteiger partial charge in [0.05, 0.1) is 33.4 Å². The number of carbonyl (C=O) groups is 1. The molecule has 0 aliphatic rings. The fourth-order valence-corrected chi connectivity index (χ4v) is 3.31. The molecule has 2 aromatic rings. The summed E-state index contributed by atoms with van der Waals surface area (Å²) in [5, 5.41) is 9.09. The topological polar surface area (TPSA) is 65.0 Å². The molecule has 2 rings (SSSR count). The highest BCUT2D eigenvalue weighted by atomic mass is 16.5. The molecule has 0 fully saturated rings. The SMILES string of the molecule is C/C=C/[C@H](CC(=O)OCC)c1ccc(OC)cc1C.COc1ccc(/C=C/[C@H](C)O)c(C)c1. The van der Waals surface area contributed by atoms with Gasteiger partial charge in [-0.05, 0) is 81.1 Å². The van der Waals surface area contributed by atoms with Gasteiger partial charge in [0, 0.05) is 5.92 Å². The molecular weight excluding hydrogens is 416 g/mol. The lowest BCUT2D eigenvalue weighted by molar-refractivity contribution is -0.143. The van der Waals surface area contributed by atoms with Crippen molar-refractivity contribution in [3.63, 3.8) is 0 Å². The van der Waals surface area contributed by atoms with E-state index in [9.17, 15) is 4.79 Å². The van der Waals surface area contributed by atoms with E-state index in [1.807, 2.05) is 82.3 Å². The first-order valence-electron chi connectivity index (χ1n) is 11.2. The zero-order valence-electron chi connectivity index (χ0n) is 20.9. The van der Waals surface area contributed by atoms with Crippen molar-refractivity contribution >= 4 is 12.0 Å². The lowest BCUT2D eigenvalue weighted by atomic mass is 9.91. The van der Waals surface area contributed by atoms with Crippen LogP contribution in [-0.2, 0) is 9.53 Å². The molecule has 5 heteroatoms. The molecule has 0 heterocycles. The van der Waals surface area contributed by atoms with E-state index in [1.165, 1.54) is 0 Å². The van der Waals surface area contributed by atoms with Crippen molar-refractivity contribution in [2.45, 2.75) is 53.1 Å². The van der Waals surface area contributed by atoms with E-state index in [0.29, 0.717) is 13.0 Å². The standard InChI is InChI=1S/C16H22O3.C12H16O2/c1-5-7-13(11-16(17)19-6-2)15-9-8-14(18-4)10-12(15)3;1-9-8-12(14-3)7-6-11(9)5-4-10(2)13/h5,7-10,13H,6,11H2,1-4H3;4-8,10,13H,1-3H3/b7-5+;5-4+/t13-;10-/m10/s1. The third kappa shape index (κ3) is 9.96. The van der Waals surface area contributed by atoms with Crippen LogP contribution in [0.25, 0.3) is 6.08 Å². The Kier molecular flexibility index (Phi) is 12.6. The second-order valence-electron chi connectivity index (χ2n) is 7.69. The molecule has 0 unspecified atom stereocenters. The van der Waals surface area contributed by atoms with E-state index in [4.69, 9.17) is 19.3 Å².